The normalized spacial score (nSPS) is 17.0. The number of nitrogens with one attached hydrogen (secondary N) is 1. The number of ether oxygens (including phenoxy) is 1. The van der Waals surface area contributed by atoms with Crippen molar-refractivity contribution in [2.45, 2.75) is 12.8 Å². The second-order valence-corrected chi connectivity index (χ2v) is 9.43. The Morgan fingerprint density at radius 2 is 2.12 bits per heavy atom. The van der Waals surface area contributed by atoms with Crippen molar-refractivity contribution in [3.05, 3.63) is 35.0 Å². The summed E-state index contributed by atoms with van der Waals surface area (Å²) in [6.07, 6.45) is 4.08. The zero-order chi connectivity index (χ0) is 18.8. The zero-order valence-corrected chi connectivity index (χ0v) is 16.0. The monoisotopic (exact) mass is 393 g/mol. The number of sulfone groups is 1. The molecular weight excluding hydrogens is 374 g/mol. The molecule has 0 aliphatic carbocycles. The largest absolute Gasteiger partial charge is 0.383 e. The summed E-state index contributed by atoms with van der Waals surface area (Å²) in [5.74, 6) is 0.0853. The number of rotatable bonds is 5. The van der Waals surface area contributed by atoms with Gasteiger partial charge in [0, 0.05) is 48.0 Å². The van der Waals surface area contributed by atoms with Crippen molar-refractivity contribution in [1.82, 2.24) is 4.98 Å². The molecule has 26 heavy (non-hydrogen) atoms. The van der Waals surface area contributed by atoms with E-state index < -0.39 is 15.3 Å². The van der Waals surface area contributed by atoms with E-state index in [9.17, 15) is 13.7 Å². The van der Waals surface area contributed by atoms with Gasteiger partial charge in [-0.05, 0) is 31.0 Å². The lowest BCUT2D eigenvalue weighted by Gasteiger charge is -2.37. The summed E-state index contributed by atoms with van der Waals surface area (Å²) in [5, 5.41) is 14.1. The van der Waals surface area contributed by atoms with Crippen molar-refractivity contribution in [3.63, 3.8) is 0 Å². The maximum absolute atomic E-state index is 11.9. The van der Waals surface area contributed by atoms with E-state index >= 15 is 0 Å². The molecular formula is C18H20ClN3O3S. The minimum Gasteiger partial charge on any atom is -0.383 e. The van der Waals surface area contributed by atoms with Gasteiger partial charge in [0.2, 0.25) is 0 Å². The van der Waals surface area contributed by atoms with Crippen molar-refractivity contribution < 1.29 is 13.2 Å². The molecule has 1 aliphatic rings. The van der Waals surface area contributed by atoms with Gasteiger partial charge < -0.3 is 10.1 Å². The number of hydrogen-bond donors (Lipinski definition) is 1. The number of nitriles is 1. The third-order valence-electron chi connectivity index (χ3n) is 4.71. The molecule has 1 fully saturated rings. The minimum atomic E-state index is -3.15. The predicted molar refractivity (Wildman–Crippen MR) is 102 cm³/mol. The topological polar surface area (TPSA) is 92.1 Å². The number of pyridine rings is 1. The third-order valence-corrected chi connectivity index (χ3v) is 6.08. The molecule has 1 aliphatic heterocycles. The molecule has 6 nitrogen and oxygen atoms in total. The highest BCUT2D eigenvalue weighted by Crippen LogP contribution is 2.34. The van der Waals surface area contributed by atoms with E-state index in [0.717, 1.165) is 10.9 Å². The molecule has 2 heterocycles. The molecule has 1 aromatic heterocycles. The fourth-order valence-corrected chi connectivity index (χ4v) is 5.12. The summed E-state index contributed by atoms with van der Waals surface area (Å²) in [6.45, 7) is 1.50. The summed E-state index contributed by atoms with van der Waals surface area (Å²) >= 11 is 6.12. The van der Waals surface area contributed by atoms with Crippen LogP contribution in [-0.4, -0.2) is 45.2 Å². The standard InChI is InChI=1S/C18H20ClN3O3S/c1-26(23,24)12-18(4-6-25-7-5-18)11-22-17-13(9-20)10-21-16-3-2-14(19)8-15(16)17/h2-3,8,10H,4-7,11-12H2,1H3,(H,21,22). The summed E-state index contributed by atoms with van der Waals surface area (Å²) in [7, 11) is -3.15. The van der Waals surface area contributed by atoms with Crippen molar-refractivity contribution in [2.75, 3.05) is 37.1 Å². The van der Waals surface area contributed by atoms with E-state index in [-0.39, 0.29) is 5.75 Å². The average molecular weight is 394 g/mol. The SMILES string of the molecule is CS(=O)(=O)CC1(CNc2c(C#N)cnc3ccc(Cl)cc23)CCOCC1. The number of fused-ring (bicyclic) bond motifs is 1. The van der Waals surface area contributed by atoms with Crippen LogP contribution in [-0.2, 0) is 14.6 Å². The first kappa shape index (κ1) is 18.9. The maximum atomic E-state index is 11.9. The fourth-order valence-electron chi connectivity index (χ4n) is 3.45. The van der Waals surface area contributed by atoms with Crippen LogP contribution in [0.2, 0.25) is 5.02 Å². The van der Waals surface area contributed by atoms with Gasteiger partial charge in [-0.25, -0.2) is 8.42 Å². The van der Waals surface area contributed by atoms with Crippen LogP contribution in [0, 0.1) is 16.7 Å². The van der Waals surface area contributed by atoms with E-state index in [1.54, 1.807) is 18.2 Å². The lowest BCUT2D eigenvalue weighted by Crippen LogP contribution is -2.41. The summed E-state index contributed by atoms with van der Waals surface area (Å²) < 4.78 is 29.3. The smallest absolute Gasteiger partial charge is 0.148 e. The first-order chi connectivity index (χ1) is 12.3. The van der Waals surface area contributed by atoms with Crippen molar-refractivity contribution in [1.29, 1.82) is 5.26 Å². The molecule has 0 atom stereocenters. The molecule has 138 valence electrons. The van der Waals surface area contributed by atoms with Gasteiger partial charge in [0.15, 0.2) is 0 Å². The molecule has 2 aromatic rings. The Hall–Kier alpha value is -1.88. The Labute approximate surface area is 158 Å². The lowest BCUT2D eigenvalue weighted by atomic mass is 9.82. The van der Waals surface area contributed by atoms with Crippen LogP contribution in [0.3, 0.4) is 0 Å². The molecule has 0 bridgehead atoms. The number of benzene rings is 1. The van der Waals surface area contributed by atoms with Crippen molar-refractivity contribution >= 4 is 38.0 Å². The highest BCUT2D eigenvalue weighted by molar-refractivity contribution is 7.90. The number of hydrogen-bond acceptors (Lipinski definition) is 6. The van der Waals surface area contributed by atoms with Gasteiger partial charge in [0.1, 0.15) is 15.9 Å². The minimum absolute atomic E-state index is 0.0853. The Morgan fingerprint density at radius 1 is 1.38 bits per heavy atom. The number of aromatic nitrogens is 1. The van der Waals surface area contributed by atoms with Gasteiger partial charge in [0.05, 0.1) is 22.5 Å². The van der Waals surface area contributed by atoms with Gasteiger partial charge in [-0.3, -0.25) is 4.98 Å². The van der Waals surface area contributed by atoms with E-state index in [2.05, 4.69) is 16.4 Å². The number of halogens is 1. The Balaban J connectivity index is 1.97. The second-order valence-electron chi connectivity index (χ2n) is 6.86. The molecule has 3 rings (SSSR count). The van der Waals surface area contributed by atoms with Crippen molar-refractivity contribution in [2.24, 2.45) is 5.41 Å². The van der Waals surface area contributed by atoms with Crippen LogP contribution in [0.5, 0.6) is 0 Å². The Morgan fingerprint density at radius 3 is 2.77 bits per heavy atom. The molecule has 0 saturated carbocycles. The van der Waals surface area contributed by atoms with Crippen LogP contribution in [0.1, 0.15) is 18.4 Å². The molecule has 0 spiro atoms. The maximum Gasteiger partial charge on any atom is 0.148 e. The van der Waals surface area contributed by atoms with E-state index in [4.69, 9.17) is 16.3 Å². The zero-order valence-electron chi connectivity index (χ0n) is 14.5. The van der Waals surface area contributed by atoms with Crippen LogP contribution < -0.4 is 5.32 Å². The molecule has 0 unspecified atom stereocenters. The average Bonchev–Trinajstić information content (AvgIpc) is 2.58. The highest BCUT2D eigenvalue weighted by atomic mass is 35.5. The van der Waals surface area contributed by atoms with Gasteiger partial charge in [-0.2, -0.15) is 5.26 Å². The highest BCUT2D eigenvalue weighted by Gasteiger charge is 2.36. The molecule has 0 amide bonds. The summed E-state index contributed by atoms with van der Waals surface area (Å²) in [4.78, 5) is 4.29. The Bertz CT molecular complexity index is 964. The summed E-state index contributed by atoms with van der Waals surface area (Å²) in [6, 6.07) is 7.45. The molecule has 0 radical (unpaired) electrons. The molecule has 1 saturated heterocycles. The van der Waals surface area contributed by atoms with Gasteiger partial charge in [-0.15, -0.1) is 0 Å². The van der Waals surface area contributed by atoms with Gasteiger partial charge in [0.25, 0.3) is 0 Å². The van der Waals surface area contributed by atoms with Crippen LogP contribution in [0.15, 0.2) is 24.4 Å². The summed E-state index contributed by atoms with van der Waals surface area (Å²) in [5.41, 5.74) is 1.34. The van der Waals surface area contributed by atoms with E-state index in [1.165, 1.54) is 12.5 Å². The van der Waals surface area contributed by atoms with Crippen LogP contribution in [0.4, 0.5) is 5.69 Å². The first-order valence-corrected chi connectivity index (χ1v) is 10.7. The molecule has 1 aromatic carbocycles. The quantitative estimate of drug-likeness (QED) is 0.839. The van der Waals surface area contributed by atoms with Crippen LogP contribution >= 0.6 is 11.6 Å². The molecule has 8 heteroatoms. The molecule has 1 N–H and O–H groups in total. The number of nitrogens with zero attached hydrogens (tertiary/aromatic N) is 2. The van der Waals surface area contributed by atoms with E-state index in [0.29, 0.717) is 48.9 Å². The van der Waals surface area contributed by atoms with Crippen molar-refractivity contribution in [3.8, 4) is 6.07 Å². The predicted octanol–water partition coefficient (Wildman–Crippen LogP) is 3.01. The van der Waals surface area contributed by atoms with Crippen LogP contribution in [0.25, 0.3) is 10.9 Å². The third kappa shape index (κ3) is 4.26. The van der Waals surface area contributed by atoms with Gasteiger partial charge in [-0.1, -0.05) is 11.6 Å². The number of anilines is 1. The Kier molecular flexibility index (Phi) is 5.37. The fraction of sp³-hybridized carbons (Fsp3) is 0.444. The lowest BCUT2D eigenvalue weighted by molar-refractivity contribution is 0.0315. The second kappa shape index (κ2) is 7.39. The van der Waals surface area contributed by atoms with Gasteiger partial charge >= 0.3 is 0 Å². The first-order valence-electron chi connectivity index (χ1n) is 8.30. The van der Waals surface area contributed by atoms with E-state index in [1.807, 2.05) is 0 Å².